The number of hydrogen-bond donors (Lipinski definition) is 3. The zero-order valence-corrected chi connectivity index (χ0v) is 18.2. The van der Waals surface area contributed by atoms with Gasteiger partial charge in [0.15, 0.2) is 5.69 Å². The minimum atomic E-state index is -0.709. The number of amides is 2. The number of nitrogens with one attached hydrogen (secondary N) is 1. The molecule has 4 heterocycles. The second kappa shape index (κ2) is 8.01. The first-order valence-electron chi connectivity index (χ1n) is 10.0. The summed E-state index contributed by atoms with van der Waals surface area (Å²) in [5.74, 6) is -1.63. The molecule has 0 bridgehead atoms. The Morgan fingerprint density at radius 1 is 1.18 bits per heavy atom. The highest BCUT2D eigenvalue weighted by molar-refractivity contribution is 6.02. The van der Waals surface area contributed by atoms with E-state index in [1.807, 2.05) is 20.8 Å². The fourth-order valence-corrected chi connectivity index (χ4v) is 3.36. The van der Waals surface area contributed by atoms with Gasteiger partial charge in [0.05, 0.1) is 28.4 Å². The number of halogens is 1. The molecule has 1 unspecified atom stereocenters. The van der Waals surface area contributed by atoms with Gasteiger partial charge < -0.3 is 21.2 Å². The van der Waals surface area contributed by atoms with Crippen LogP contribution in [0.25, 0.3) is 16.6 Å². The number of fused-ring (bicyclic) bond motifs is 1. The maximum atomic E-state index is 13.2. The molecule has 0 fully saturated rings. The molecular formula is C22H22FN7O3. The largest absolute Gasteiger partial charge is 0.447 e. The lowest BCUT2D eigenvalue weighted by Crippen LogP contribution is -2.38. The Bertz CT molecular complexity index is 1360. The number of oxazole rings is 1. The van der Waals surface area contributed by atoms with Crippen molar-refractivity contribution in [1.29, 1.82) is 0 Å². The van der Waals surface area contributed by atoms with E-state index in [9.17, 15) is 14.0 Å². The monoisotopic (exact) mass is 451 g/mol. The molecule has 0 spiro atoms. The van der Waals surface area contributed by atoms with E-state index in [-0.39, 0.29) is 17.3 Å². The van der Waals surface area contributed by atoms with Crippen LogP contribution in [0, 0.1) is 5.95 Å². The first-order valence-corrected chi connectivity index (χ1v) is 10.0. The Morgan fingerprint density at radius 2 is 1.94 bits per heavy atom. The minimum absolute atomic E-state index is 0.0264. The summed E-state index contributed by atoms with van der Waals surface area (Å²) < 4.78 is 20.3. The molecule has 0 radical (unpaired) electrons. The second-order valence-electron chi connectivity index (χ2n) is 8.22. The van der Waals surface area contributed by atoms with Gasteiger partial charge in [0.1, 0.15) is 6.26 Å². The predicted molar refractivity (Wildman–Crippen MR) is 118 cm³/mol. The van der Waals surface area contributed by atoms with Crippen LogP contribution in [0.4, 0.5) is 10.1 Å². The van der Waals surface area contributed by atoms with Gasteiger partial charge in [-0.1, -0.05) is 0 Å². The van der Waals surface area contributed by atoms with Gasteiger partial charge >= 0.3 is 0 Å². The minimum Gasteiger partial charge on any atom is -0.447 e. The molecule has 5 N–H and O–H groups in total. The van der Waals surface area contributed by atoms with Gasteiger partial charge in [-0.15, -0.1) is 0 Å². The summed E-state index contributed by atoms with van der Waals surface area (Å²) in [5.41, 5.74) is 12.8. The van der Waals surface area contributed by atoms with Crippen molar-refractivity contribution < 1.29 is 18.4 Å². The molecule has 10 nitrogen and oxygen atoms in total. The number of hydrogen-bond acceptors (Lipinski definition) is 7. The molecule has 4 rings (SSSR count). The van der Waals surface area contributed by atoms with E-state index < -0.39 is 23.2 Å². The Labute approximate surface area is 187 Å². The van der Waals surface area contributed by atoms with Crippen LogP contribution in [-0.4, -0.2) is 37.4 Å². The number of pyridine rings is 1. The zero-order valence-electron chi connectivity index (χ0n) is 18.2. The molecule has 0 aromatic carbocycles. The molecule has 0 aliphatic heterocycles. The number of nitrogens with zero attached hydrogens (tertiary/aromatic N) is 4. The smallest absolute Gasteiger partial charge is 0.270 e. The normalized spacial score (nSPS) is 12.6. The van der Waals surface area contributed by atoms with E-state index in [1.54, 1.807) is 22.8 Å². The molecule has 0 aliphatic rings. The second-order valence-corrected chi connectivity index (χ2v) is 8.22. The average molecular weight is 451 g/mol. The lowest BCUT2D eigenvalue weighted by Gasteiger charge is -2.30. The summed E-state index contributed by atoms with van der Waals surface area (Å²) in [7, 11) is 0. The third-order valence-electron chi connectivity index (χ3n) is 5.71. The zero-order chi connectivity index (χ0) is 23.9. The lowest BCUT2D eigenvalue weighted by atomic mass is 9.85. The number of aromatic nitrogens is 4. The summed E-state index contributed by atoms with van der Waals surface area (Å²) in [6.07, 6.45) is 5.74. The highest BCUT2D eigenvalue weighted by atomic mass is 19.1. The average Bonchev–Trinajstić information content (AvgIpc) is 3.42. The number of anilines is 1. The molecule has 4 aromatic rings. The van der Waals surface area contributed by atoms with Crippen LogP contribution in [0.5, 0.6) is 0 Å². The van der Waals surface area contributed by atoms with Crippen LogP contribution in [0.3, 0.4) is 0 Å². The van der Waals surface area contributed by atoms with Crippen molar-refractivity contribution in [3.05, 3.63) is 66.1 Å². The van der Waals surface area contributed by atoms with Crippen molar-refractivity contribution >= 4 is 23.0 Å². The molecule has 2 amide bonds. The predicted octanol–water partition coefficient (Wildman–Crippen LogP) is 2.50. The molecule has 4 aromatic heterocycles. The van der Waals surface area contributed by atoms with Gasteiger partial charge in [0.2, 0.25) is 11.8 Å². The molecule has 0 aliphatic carbocycles. The Balaban J connectivity index is 1.76. The first-order chi connectivity index (χ1) is 15.6. The number of carbonyl (C=O) groups excluding carboxylic acids is 2. The Hall–Kier alpha value is -4.28. The third-order valence-corrected chi connectivity index (χ3v) is 5.71. The summed E-state index contributed by atoms with van der Waals surface area (Å²) >= 11 is 0. The van der Waals surface area contributed by atoms with Gasteiger partial charge in [-0.25, -0.2) is 14.5 Å². The third kappa shape index (κ3) is 4.00. The molecular weight excluding hydrogens is 429 g/mol. The molecule has 11 heteroatoms. The summed E-state index contributed by atoms with van der Waals surface area (Å²) in [5, 5.41) is 7.61. The van der Waals surface area contributed by atoms with Crippen LogP contribution < -0.4 is 16.8 Å². The van der Waals surface area contributed by atoms with E-state index in [2.05, 4.69) is 20.4 Å². The van der Waals surface area contributed by atoms with Crippen molar-refractivity contribution in [3.63, 3.8) is 0 Å². The quantitative estimate of drug-likeness (QED) is 0.365. The molecule has 170 valence electrons. The van der Waals surface area contributed by atoms with Crippen LogP contribution in [0.1, 0.15) is 47.5 Å². The van der Waals surface area contributed by atoms with E-state index in [4.69, 9.17) is 15.9 Å². The van der Waals surface area contributed by atoms with Gasteiger partial charge in [-0.05, 0) is 39.0 Å². The molecule has 0 saturated heterocycles. The Morgan fingerprint density at radius 3 is 2.55 bits per heavy atom. The SMILES string of the molecule is CC(Nc1c(C(N)=O)cnn2cc(-c3ccc(F)nc3)cc12)C(C)(C)c1nc(C(N)=O)co1. The van der Waals surface area contributed by atoms with Crippen molar-refractivity contribution in [2.45, 2.75) is 32.2 Å². The van der Waals surface area contributed by atoms with E-state index in [0.29, 0.717) is 22.7 Å². The van der Waals surface area contributed by atoms with Crippen LogP contribution in [0.2, 0.25) is 0 Å². The van der Waals surface area contributed by atoms with E-state index in [1.165, 1.54) is 24.7 Å². The highest BCUT2D eigenvalue weighted by Gasteiger charge is 2.34. The van der Waals surface area contributed by atoms with Crippen molar-refractivity contribution in [1.82, 2.24) is 19.6 Å². The van der Waals surface area contributed by atoms with Gasteiger partial charge in [0, 0.05) is 29.6 Å². The van der Waals surface area contributed by atoms with Gasteiger partial charge in [-0.3, -0.25) is 9.59 Å². The maximum Gasteiger partial charge on any atom is 0.270 e. The summed E-state index contributed by atoms with van der Waals surface area (Å²) in [6.45, 7) is 5.62. The fraction of sp³-hybridized carbons (Fsp3) is 0.227. The van der Waals surface area contributed by atoms with Crippen LogP contribution >= 0.6 is 0 Å². The molecule has 0 saturated carbocycles. The topological polar surface area (TPSA) is 154 Å². The Kier molecular flexibility index (Phi) is 5.32. The van der Waals surface area contributed by atoms with Crippen molar-refractivity contribution in [3.8, 4) is 11.1 Å². The maximum absolute atomic E-state index is 13.2. The highest BCUT2D eigenvalue weighted by Crippen LogP contribution is 2.33. The van der Waals surface area contributed by atoms with Gasteiger partial charge in [0.25, 0.3) is 11.8 Å². The number of carbonyl (C=O) groups is 2. The number of nitrogens with two attached hydrogens (primary N) is 2. The van der Waals surface area contributed by atoms with Crippen molar-refractivity contribution in [2.24, 2.45) is 11.5 Å². The fourth-order valence-electron chi connectivity index (χ4n) is 3.36. The summed E-state index contributed by atoms with van der Waals surface area (Å²) in [4.78, 5) is 31.4. The van der Waals surface area contributed by atoms with Crippen LogP contribution in [0.15, 0.2) is 47.5 Å². The summed E-state index contributed by atoms with van der Waals surface area (Å²) in [6, 6.07) is 4.32. The van der Waals surface area contributed by atoms with E-state index >= 15 is 0 Å². The number of rotatable bonds is 7. The van der Waals surface area contributed by atoms with Crippen LogP contribution in [-0.2, 0) is 5.41 Å². The number of primary amides is 2. The van der Waals surface area contributed by atoms with Crippen molar-refractivity contribution in [2.75, 3.05) is 5.32 Å². The van der Waals surface area contributed by atoms with Gasteiger partial charge in [-0.2, -0.15) is 9.49 Å². The lowest BCUT2D eigenvalue weighted by molar-refractivity contribution is 0.0989. The van der Waals surface area contributed by atoms with E-state index in [0.717, 1.165) is 5.56 Å². The standard InChI is InChI=1S/C22H22FN7O3/c1-11(22(2,3)21-29-15(10-33-21)20(25)32)28-18-14(19(24)31)8-27-30-9-13(6-16(18)30)12-4-5-17(23)26-7-12/h4-11,28H,1-3H3,(H2,24,31)(H2,25,32). The first kappa shape index (κ1) is 21.9. The molecule has 33 heavy (non-hydrogen) atoms. The molecule has 1 atom stereocenters.